The van der Waals surface area contributed by atoms with Gasteiger partial charge in [-0.1, -0.05) is 0 Å². The highest BCUT2D eigenvalue weighted by molar-refractivity contribution is 5.90. The van der Waals surface area contributed by atoms with E-state index in [1.165, 1.54) is 0 Å². The van der Waals surface area contributed by atoms with E-state index in [0.29, 0.717) is 6.42 Å². The molecule has 0 radical (unpaired) electrons. The summed E-state index contributed by atoms with van der Waals surface area (Å²) < 4.78 is 0. The molecule has 54 valence electrons. The highest BCUT2D eigenvalue weighted by Gasteiger charge is 2.37. The molecule has 2 amide bonds. The topological polar surface area (TPSA) is 49.4 Å². The van der Waals surface area contributed by atoms with E-state index in [-0.39, 0.29) is 24.5 Å². The molecule has 0 bridgehead atoms. The zero-order chi connectivity index (χ0) is 7.14. The van der Waals surface area contributed by atoms with Gasteiger partial charge in [-0.15, -0.1) is 0 Å². The second-order valence-corrected chi connectivity index (χ2v) is 2.64. The molecule has 2 aliphatic heterocycles. The van der Waals surface area contributed by atoms with Crippen molar-refractivity contribution in [1.82, 2.24) is 10.2 Å². The fourth-order valence-corrected chi connectivity index (χ4v) is 1.47. The average molecular weight is 140 g/mol. The number of amides is 2. The molecule has 2 fully saturated rings. The summed E-state index contributed by atoms with van der Waals surface area (Å²) in [5, 5.41) is 2.71. The number of rotatable bonds is 0. The van der Waals surface area contributed by atoms with E-state index in [2.05, 4.69) is 5.32 Å². The summed E-state index contributed by atoms with van der Waals surface area (Å²) in [6.45, 7) is 0.267. The first-order valence-electron chi connectivity index (χ1n) is 3.36. The van der Waals surface area contributed by atoms with Crippen LogP contribution in [-0.2, 0) is 9.59 Å². The molecule has 0 aromatic heterocycles. The normalized spacial score (nSPS) is 30.8. The molecule has 2 aliphatic rings. The molecule has 0 aromatic rings. The maximum Gasteiger partial charge on any atom is 0.241 e. The maximum atomic E-state index is 10.9. The van der Waals surface area contributed by atoms with Crippen LogP contribution in [0.5, 0.6) is 0 Å². The van der Waals surface area contributed by atoms with E-state index in [1.807, 2.05) is 0 Å². The highest BCUT2D eigenvalue weighted by Crippen LogP contribution is 2.19. The Hall–Kier alpha value is -1.06. The molecule has 0 saturated carbocycles. The molecule has 2 heterocycles. The molecule has 0 aromatic carbocycles. The van der Waals surface area contributed by atoms with Gasteiger partial charge in [0.1, 0.15) is 12.7 Å². The highest BCUT2D eigenvalue weighted by atomic mass is 16.2. The van der Waals surface area contributed by atoms with Crippen LogP contribution in [0, 0.1) is 0 Å². The molecule has 1 N–H and O–H groups in total. The van der Waals surface area contributed by atoms with Crippen LogP contribution in [0.25, 0.3) is 0 Å². The molecule has 0 aliphatic carbocycles. The van der Waals surface area contributed by atoms with Gasteiger partial charge in [-0.05, 0) is 6.42 Å². The number of carbonyl (C=O) groups excluding carboxylic acids is 2. The second kappa shape index (κ2) is 1.71. The minimum absolute atomic E-state index is 0.0139. The van der Waals surface area contributed by atoms with E-state index < -0.39 is 0 Å². The van der Waals surface area contributed by atoms with Crippen molar-refractivity contribution in [3.8, 4) is 0 Å². The van der Waals surface area contributed by atoms with Crippen molar-refractivity contribution in [1.29, 1.82) is 0 Å². The van der Waals surface area contributed by atoms with Gasteiger partial charge in [0.15, 0.2) is 0 Å². The Morgan fingerprint density at radius 2 is 2.30 bits per heavy atom. The van der Waals surface area contributed by atoms with E-state index >= 15 is 0 Å². The molecular weight excluding hydrogens is 132 g/mol. The fourth-order valence-electron chi connectivity index (χ4n) is 1.47. The summed E-state index contributed by atoms with van der Waals surface area (Å²) >= 11 is 0. The number of fused-ring (bicyclic) bond motifs is 1. The van der Waals surface area contributed by atoms with Crippen molar-refractivity contribution in [3.63, 3.8) is 0 Å². The van der Waals surface area contributed by atoms with E-state index in [0.717, 1.165) is 6.42 Å². The molecule has 0 spiro atoms. The Morgan fingerprint density at radius 1 is 1.50 bits per heavy atom. The first-order chi connectivity index (χ1) is 4.77. The summed E-state index contributed by atoms with van der Waals surface area (Å²) in [4.78, 5) is 23.2. The Labute approximate surface area is 58.2 Å². The van der Waals surface area contributed by atoms with Gasteiger partial charge in [-0.3, -0.25) is 9.59 Å². The van der Waals surface area contributed by atoms with Gasteiger partial charge in [-0.2, -0.15) is 0 Å². The smallest absolute Gasteiger partial charge is 0.241 e. The van der Waals surface area contributed by atoms with Gasteiger partial charge in [0, 0.05) is 6.42 Å². The summed E-state index contributed by atoms with van der Waals surface area (Å²) in [5.74, 6) is 0.0707. The number of hydrogen-bond donors (Lipinski definition) is 1. The summed E-state index contributed by atoms with van der Waals surface area (Å²) in [5.41, 5.74) is 0. The van der Waals surface area contributed by atoms with Crippen LogP contribution in [0.4, 0.5) is 0 Å². The molecule has 2 rings (SSSR count). The Balaban J connectivity index is 2.19. The van der Waals surface area contributed by atoms with Crippen molar-refractivity contribution in [2.45, 2.75) is 19.0 Å². The second-order valence-electron chi connectivity index (χ2n) is 2.64. The Kier molecular flexibility index (Phi) is 0.977. The van der Waals surface area contributed by atoms with Crippen molar-refractivity contribution in [2.24, 2.45) is 0 Å². The first kappa shape index (κ1) is 5.70. The van der Waals surface area contributed by atoms with Crippen LogP contribution in [0.3, 0.4) is 0 Å². The van der Waals surface area contributed by atoms with Crippen LogP contribution in [0.2, 0.25) is 0 Å². The quantitative estimate of drug-likeness (QED) is 0.472. The molecule has 10 heavy (non-hydrogen) atoms. The molecule has 1 atom stereocenters. The zero-order valence-electron chi connectivity index (χ0n) is 5.46. The lowest BCUT2D eigenvalue weighted by molar-refractivity contribution is -0.129. The van der Waals surface area contributed by atoms with E-state index in [9.17, 15) is 9.59 Å². The summed E-state index contributed by atoms with van der Waals surface area (Å²) in [6.07, 6.45) is 1.38. The lowest BCUT2D eigenvalue weighted by atomic mass is 10.3. The maximum absolute atomic E-state index is 10.9. The minimum Gasteiger partial charge on any atom is -0.334 e. The average Bonchev–Trinajstić information content (AvgIpc) is 2.35. The van der Waals surface area contributed by atoms with Gasteiger partial charge in [0.25, 0.3) is 0 Å². The predicted molar refractivity (Wildman–Crippen MR) is 32.9 cm³/mol. The Morgan fingerprint density at radius 3 is 3.00 bits per heavy atom. The molecule has 2 saturated heterocycles. The Bertz CT molecular complexity index is 202. The van der Waals surface area contributed by atoms with Crippen molar-refractivity contribution < 1.29 is 9.59 Å². The van der Waals surface area contributed by atoms with Crippen LogP contribution < -0.4 is 5.32 Å². The van der Waals surface area contributed by atoms with Gasteiger partial charge in [0.05, 0.1) is 0 Å². The van der Waals surface area contributed by atoms with Crippen LogP contribution in [0.1, 0.15) is 12.8 Å². The van der Waals surface area contributed by atoms with E-state index in [4.69, 9.17) is 0 Å². The van der Waals surface area contributed by atoms with Crippen molar-refractivity contribution in [2.75, 3.05) is 6.54 Å². The van der Waals surface area contributed by atoms with Gasteiger partial charge < -0.3 is 10.2 Å². The largest absolute Gasteiger partial charge is 0.334 e. The number of nitrogens with zero attached hydrogens (tertiary/aromatic N) is 1. The monoisotopic (exact) mass is 140 g/mol. The number of nitrogens with one attached hydrogen (secondary N) is 1. The van der Waals surface area contributed by atoms with Crippen LogP contribution in [-0.4, -0.2) is 29.4 Å². The molecular formula is C6H8N2O2. The minimum atomic E-state index is -0.0296. The van der Waals surface area contributed by atoms with Crippen molar-refractivity contribution >= 4 is 11.8 Å². The first-order valence-corrected chi connectivity index (χ1v) is 3.36. The molecule has 4 heteroatoms. The lowest BCUT2D eigenvalue weighted by Gasteiger charge is -2.11. The molecule has 0 unspecified atom stereocenters. The van der Waals surface area contributed by atoms with Gasteiger partial charge in [-0.25, -0.2) is 0 Å². The molecule has 4 nitrogen and oxygen atoms in total. The zero-order valence-corrected chi connectivity index (χ0v) is 5.46. The number of hydrogen-bond acceptors (Lipinski definition) is 2. The third-order valence-corrected chi connectivity index (χ3v) is 1.97. The number of carbonyl (C=O) groups is 2. The van der Waals surface area contributed by atoms with Gasteiger partial charge in [0.2, 0.25) is 11.8 Å². The summed E-state index contributed by atoms with van der Waals surface area (Å²) in [6, 6.07) is 0. The third kappa shape index (κ3) is 0.616. The fraction of sp³-hybridized carbons (Fsp3) is 0.667. The summed E-state index contributed by atoms with van der Waals surface area (Å²) in [7, 11) is 0. The van der Waals surface area contributed by atoms with Crippen LogP contribution in [0.15, 0.2) is 0 Å². The van der Waals surface area contributed by atoms with Crippen molar-refractivity contribution in [3.05, 3.63) is 0 Å². The third-order valence-electron chi connectivity index (χ3n) is 1.97. The SMILES string of the molecule is O=C1CN2C(=O)CC[C@@H]2N1. The standard InChI is InChI=1S/C6H8N2O2/c9-5-3-8-4(7-5)1-2-6(8)10/h4H,1-3H2,(H,7,9)/t4-/m1/s1. The predicted octanol–water partition coefficient (Wildman–Crippen LogP) is -0.935. The van der Waals surface area contributed by atoms with Gasteiger partial charge >= 0.3 is 0 Å². The lowest BCUT2D eigenvalue weighted by Crippen LogP contribution is -2.31. The van der Waals surface area contributed by atoms with Crippen LogP contribution >= 0.6 is 0 Å². The van der Waals surface area contributed by atoms with E-state index in [1.54, 1.807) is 4.90 Å².